The molecule has 116 valence electrons. The van der Waals surface area contributed by atoms with E-state index in [1.807, 2.05) is 0 Å². The van der Waals surface area contributed by atoms with Crippen molar-refractivity contribution in [2.75, 3.05) is 6.61 Å². The lowest BCUT2D eigenvalue weighted by Crippen LogP contribution is -2.37. The van der Waals surface area contributed by atoms with Gasteiger partial charge in [-0.3, -0.25) is 0 Å². The summed E-state index contributed by atoms with van der Waals surface area (Å²) in [5.74, 6) is -0.456. The van der Waals surface area contributed by atoms with Gasteiger partial charge in [0, 0.05) is 6.04 Å². The second kappa shape index (κ2) is 6.55. The molecule has 1 heterocycles. The SMILES string of the molecule is CCOC(=O)c1nn([C@H]2CC[C@H](NC(=O)O)CC2)nc1C. The number of hydrogen-bond donors (Lipinski definition) is 2. The Balaban J connectivity index is 1.99. The molecule has 0 spiro atoms. The van der Waals surface area contributed by atoms with Crippen LogP contribution in [0.4, 0.5) is 4.79 Å². The van der Waals surface area contributed by atoms with Crippen molar-refractivity contribution in [3.63, 3.8) is 0 Å². The van der Waals surface area contributed by atoms with E-state index in [0.717, 1.165) is 25.7 Å². The van der Waals surface area contributed by atoms with E-state index < -0.39 is 12.1 Å². The number of aryl methyl sites for hydroxylation is 1. The zero-order valence-electron chi connectivity index (χ0n) is 12.2. The molecule has 1 aliphatic rings. The highest BCUT2D eigenvalue weighted by Gasteiger charge is 2.26. The van der Waals surface area contributed by atoms with E-state index in [2.05, 4.69) is 15.5 Å². The Bertz CT molecular complexity index is 520. The number of nitrogens with zero attached hydrogens (tertiary/aromatic N) is 3. The summed E-state index contributed by atoms with van der Waals surface area (Å²) in [5, 5.41) is 19.7. The predicted octanol–water partition coefficient (Wildman–Crippen LogP) is 1.51. The molecule has 0 radical (unpaired) electrons. The van der Waals surface area contributed by atoms with E-state index in [0.29, 0.717) is 12.3 Å². The molecular formula is C13H20N4O4. The maximum Gasteiger partial charge on any atom is 0.404 e. The molecule has 1 aromatic rings. The number of aromatic nitrogens is 3. The molecule has 2 rings (SSSR count). The summed E-state index contributed by atoms with van der Waals surface area (Å²) in [5.41, 5.74) is 0.807. The minimum absolute atomic E-state index is 0.0139. The topological polar surface area (TPSA) is 106 Å². The van der Waals surface area contributed by atoms with Crippen molar-refractivity contribution in [1.29, 1.82) is 0 Å². The van der Waals surface area contributed by atoms with Crippen LogP contribution in [0, 0.1) is 6.92 Å². The molecular weight excluding hydrogens is 276 g/mol. The standard InChI is InChI=1S/C13H20N4O4/c1-3-21-12(18)11-8(2)15-17(16-11)10-6-4-9(5-7-10)14-13(19)20/h9-10,14H,3-7H2,1-2H3,(H,19,20)/t9-,10-. The Morgan fingerprint density at radius 2 is 2.00 bits per heavy atom. The average molecular weight is 296 g/mol. The number of amides is 1. The molecule has 0 aliphatic heterocycles. The van der Waals surface area contributed by atoms with Gasteiger partial charge in [0.15, 0.2) is 5.69 Å². The van der Waals surface area contributed by atoms with Crippen molar-refractivity contribution >= 4 is 12.1 Å². The number of ether oxygens (including phenoxy) is 1. The largest absolute Gasteiger partial charge is 0.465 e. The molecule has 0 aromatic carbocycles. The summed E-state index contributed by atoms with van der Waals surface area (Å²) in [7, 11) is 0. The van der Waals surface area contributed by atoms with Crippen molar-refractivity contribution in [3.05, 3.63) is 11.4 Å². The lowest BCUT2D eigenvalue weighted by atomic mass is 9.91. The van der Waals surface area contributed by atoms with Gasteiger partial charge in [-0.1, -0.05) is 0 Å². The van der Waals surface area contributed by atoms with Gasteiger partial charge in [-0.15, -0.1) is 5.10 Å². The molecule has 0 saturated heterocycles. The first-order valence-electron chi connectivity index (χ1n) is 7.11. The van der Waals surface area contributed by atoms with Crippen LogP contribution >= 0.6 is 0 Å². The van der Waals surface area contributed by atoms with Crippen LogP contribution in [0.1, 0.15) is 54.8 Å². The zero-order valence-corrected chi connectivity index (χ0v) is 12.2. The highest BCUT2D eigenvalue weighted by Crippen LogP contribution is 2.27. The van der Waals surface area contributed by atoms with Gasteiger partial charge in [0.2, 0.25) is 0 Å². The quantitative estimate of drug-likeness (QED) is 0.816. The number of esters is 1. The van der Waals surface area contributed by atoms with Gasteiger partial charge < -0.3 is 15.2 Å². The first-order valence-corrected chi connectivity index (χ1v) is 7.11. The summed E-state index contributed by atoms with van der Waals surface area (Å²) in [6, 6.07) is 0.0821. The van der Waals surface area contributed by atoms with Crippen LogP contribution in [0.5, 0.6) is 0 Å². The average Bonchev–Trinajstić information content (AvgIpc) is 2.81. The lowest BCUT2D eigenvalue weighted by molar-refractivity contribution is 0.0516. The van der Waals surface area contributed by atoms with Crippen LogP contribution < -0.4 is 5.32 Å². The number of carboxylic acid groups (broad SMARTS) is 1. The monoisotopic (exact) mass is 296 g/mol. The van der Waals surface area contributed by atoms with Gasteiger partial charge in [0.25, 0.3) is 0 Å². The second-order valence-electron chi connectivity index (χ2n) is 5.13. The zero-order chi connectivity index (χ0) is 15.4. The molecule has 0 unspecified atom stereocenters. The summed E-state index contributed by atoms with van der Waals surface area (Å²) in [6.07, 6.45) is 2.05. The van der Waals surface area contributed by atoms with Gasteiger partial charge in [0.1, 0.15) is 0 Å². The van der Waals surface area contributed by atoms with E-state index >= 15 is 0 Å². The molecule has 1 aliphatic carbocycles. The fraction of sp³-hybridized carbons (Fsp3) is 0.692. The molecule has 1 amide bonds. The van der Waals surface area contributed by atoms with Crippen LogP contribution in [0.3, 0.4) is 0 Å². The normalized spacial score (nSPS) is 21.8. The Labute approximate surface area is 122 Å². The molecule has 1 aromatic heterocycles. The number of rotatable bonds is 4. The number of nitrogens with one attached hydrogen (secondary N) is 1. The Hall–Kier alpha value is -2.12. The maximum absolute atomic E-state index is 11.7. The summed E-state index contributed by atoms with van der Waals surface area (Å²) in [4.78, 5) is 23.9. The Morgan fingerprint density at radius 1 is 1.33 bits per heavy atom. The van der Waals surface area contributed by atoms with Crippen LogP contribution in [0.2, 0.25) is 0 Å². The summed E-state index contributed by atoms with van der Waals surface area (Å²) >= 11 is 0. The van der Waals surface area contributed by atoms with Crippen LogP contribution in [-0.4, -0.2) is 44.8 Å². The van der Waals surface area contributed by atoms with E-state index in [1.165, 1.54) is 0 Å². The van der Waals surface area contributed by atoms with Crippen molar-refractivity contribution in [2.45, 2.75) is 51.6 Å². The molecule has 0 bridgehead atoms. The summed E-state index contributed by atoms with van der Waals surface area (Å²) in [6.45, 7) is 3.78. The molecule has 1 fully saturated rings. The third-order valence-electron chi connectivity index (χ3n) is 3.62. The molecule has 1 saturated carbocycles. The third kappa shape index (κ3) is 3.71. The van der Waals surface area contributed by atoms with Gasteiger partial charge in [-0.25, -0.2) is 9.59 Å². The maximum atomic E-state index is 11.7. The van der Waals surface area contributed by atoms with E-state index in [1.54, 1.807) is 18.6 Å². The van der Waals surface area contributed by atoms with E-state index in [-0.39, 0.29) is 17.8 Å². The minimum Gasteiger partial charge on any atom is -0.465 e. The van der Waals surface area contributed by atoms with Gasteiger partial charge in [-0.2, -0.15) is 9.90 Å². The highest BCUT2D eigenvalue weighted by atomic mass is 16.5. The van der Waals surface area contributed by atoms with Crippen LogP contribution in [0.15, 0.2) is 0 Å². The van der Waals surface area contributed by atoms with Gasteiger partial charge in [-0.05, 0) is 39.5 Å². The highest BCUT2D eigenvalue weighted by molar-refractivity contribution is 5.88. The van der Waals surface area contributed by atoms with E-state index in [4.69, 9.17) is 9.84 Å². The Morgan fingerprint density at radius 3 is 2.57 bits per heavy atom. The first kappa shape index (κ1) is 15.3. The smallest absolute Gasteiger partial charge is 0.404 e. The lowest BCUT2D eigenvalue weighted by Gasteiger charge is -2.27. The van der Waals surface area contributed by atoms with E-state index in [9.17, 15) is 9.59 Å². The predicted molar refractivity (Wildman–Crippen MR) is 73.2 cm³/mol. The fourth-order valence-corrected chi connectivity index (χ4v) is 2.58. The van der Waals surface area contributed by atoms with Crippen molar-refractivity contribution < 1.29 is 19.4 Å². The van der Waals surface area contributed by atoms with Crippen molar-refractivity contribution in [3.8, 4) is 0 Å². The Kier molecular flexibility index (Phi) is 4.77. The third-order valence-corrected chi connectivity index (χ3v) is 3.62. The number of carbonyl (C=O) groups is 2. The first-order chi connectivity index (χ1) is 10.0. The molecule has 8 heteroatoms. The van der Waals surface area contributed by atoms with Crippen molar-refractivity contribution in [1.82, 2.24) is 20.3 Å². The van der Waals surface area contributed by atoms with Gasteiger partial charge in [0.05, 0.1) is 18.3 Å². The molecule has 8 nitrogen and oxygen atoms in total. The molecule has 0 atom stereocenters. The number of carbonyl (C=O) groups excluding carboxylic acids is 1. The van der Waals surface area contributed by atoms with Crippen LogP contribution in [0.25, 0.3) is 0 Å². The molecule has 21 heavy (non-hydrogen) atoms. The number of hydrogen-bond acceptors (Lipinski definition) is 5. The van der Waals surface area contributed by atoms with Gasteiger partial charge >= 0.3 is 12.1 Å². The van der Waals surface area contributed by atoms with Crippen molar-refractivity contribution in [2.24, 2.45) is 0 Å². The molecule has 2 N–H and O–H groups in total. The fourth-order valence-electron chi connectivity index (χ4n) is 2.58. The minimum atomic E-state index is -0.990. The second-order valence-corrected chi connectivity index (χ2v) is 5.13. The van der Waals surface area contributed by atoms with Crippen LogP contribution in [-0.2, 0) is 4.74 Å². The summed E-state index contributed by atoms with van der Waals surface area (Å²) < 4.78 is 4.94.